The molecular weight excluding hydrogens is 438 g/mol. The molecule has 1 saturated heterocycles. The van der Waals surface area contributed by atoms with E-state index in [4.69, 9.17) is 19.8 Å². The Morgan fingerprint density at radius 3 is 2.83 bits per heavy atom. The first-order chi connectivity index (χ1) is 17.2. The summed E-state index contributed by atoms with van der Waals surface area (Å²) < 4.78 is 7.49. The van der Waals surface area contributed by atoms with Crippen LogP contribution in [0.15, 0.2) is 59.9 Å². The molecule has 0 amide bonds. The number of anilines is 1. The molecule has 0 bridgehead atoms. The number of fused-ring (bicyclic) bond motifs is 2. The zero-order valence-corrected chi connectivity index (χ0v) is 19.9. The summed E-state index contributed by atoms with van der Waals surface area (Å²) in [4.78, 5) is 19.6. The highest BCUT2D eigenvalue weighted by Crippen LogP contribution is 2.25. The van der Waals surface area contributed by atoms with Gasteiger partial charge >= 0.3 is 0 Å². The molecule has 4 aromatic heterocycles. The van der Waals surface area contributed by atoms with Crippen molar-refractivity contribution in [2.75, 3.05) is 31.2 Å². The molecule has 176 valence electrons. The molecular formula is C27H27N7O. The van der Waals surface area contributed by atoms with E-state index in [2.05, 4.69) is 53.0 Å². The Morgan fingerprint density at radius 1 is 1.11 bits per heavy atom. The molecule has 0 unspecified atom stereocenters. The maximum Gasteiger partial charge on any atom is 0.158 e. The minimum Gasteiger partial charge on any atom is -0.378 e. The third-order valence-corrected chi connectivity index (χ3v) is 6.58. The number of hydrogen-bond donors (Lipinski definition) is 1. The number of H-pyrrole nitrogens is 1. The average Bonchev–Trinajstić information content (AvgIpc) is 3.45. The van der Waals surface area contributed by atoms with Crippen molar-refractivity contribution in [1.82, 2.24) is 24.6 Å². The third-order valence-electron chi connectivity index (χ3n) is 6.58. The topological polar surface area (TPSA) is 83.7 Å². The number of rotatable bonds is 5. The number of hydrogen-bond acceptors (Lipinski definition) is 6. The summed E-state index contributed by atoms with van der Waals surface area (Å²) in [5.74, 6) is 1.01. The summed E-state index contributed by atoms with van der Waals surface area (Å²) >= 11 is 0. The summed E-state index contributed by atoms with van der Waals surface area (Å²) in [6.07, 6.45) is 5.52. The molecule has 8 heteroatoms. The molecule has 0 aliphatic carbocycles. The van der Waals surface area contributed by atoms with Crippen molar-refractivity contribution in [1.29, 1.82) is 0 Å². The molecule has 0 radical (unpaired) electrons. The number of benzene rings is 1. The van der Waals surface area contributed by atoms with Crippen LogP contribution >= 0.6 is 0 Å². The van der Waals surface area contributed by atoms with Crippen molar-refractivity contribution in [3.63, 3.8) is 0 Å². The van der Waals surface area contributed by atoms with Gasteiger partial charge in [0.25, 0.3) is 0 Å². The van der Waals surface area contributed by atoms with Crippen molar-refractivity contribution in [3.05, 3.63) is 77.4 Å². The maximum absolute atomic E-state index is 5.57. The summed E-state index contributed by atoms with van der Waals surface area (Å²) in [5.41, 5.74) is 8.25. The predicted octanol–water partition coefficient (Wildman–Crippen LogP) is 4.35. The van der Waals surface area contributed by atoms with Crippen molar-refractivity contribution in [2.45, 2.75) is 20.4 Å². The molecule has 1 aliphatic heterocycles. The number of aromatic amines is 1. The van der Waals surface area contributed by atoms with Crippen LogP contribution in [-0.4, -0.2) is 57.1 Å². The molecule has 0 saturated carbocycles. The Labute approximate surface area is 203 Å². The summed E-state index contributed by atoms with van der Waals surface area (Å²) in [6.45, 7) is 7.78. The second kappa shape index (κ2) is 8.96. The number of nitrogens with one attached hydrogen (secondary N) is 1. The SMILES string of the molecule is Cc1[nH]c2ccc(C=NCc3cc(N4CCOCC4)n4nc(-c5cccnc5)cc4n3)cc2c1C. The first-order valence-corrected chi connectivity index (χ1v) is 11.9. The fourth-order valence-electron chi connectivity index (χ4n) is 4.57. The minimum atomic E-state index is 0.491. The Balaban J connectivity index is 1.33. The zero-order chi connectivity index (χ0) is 23.8. The molecule has 0 spiro atoms. The third kappa shape index (κ3) is 4.17. The highest BCUT2D eigenvalue weighted by atomic mass is 16.5. The average molecular weight is 466 g/mol. The minimum absolute atomic E-state index is 0.491. The summed E-state index contributed by atoms with van der Waals surface area (Å²) in [6, 6.07) is 14.4. The van der Waals surface area contributed by atoms with Gasteiger partial charge in [0.15, 0.2) is 5.65 Å². The first kappa shape index (κ1) is 21.5. The van der Waals surface area contributed by atoms with Gasteiger partial charge in [-0.1, -0.05) is 6.07 Å². The standard InChI is InChI=1S/C27H27N7O/c1-18-19(2)30-24-6-5-20(12-23(18)24)15-29-17-22-13-27(33-8-10-35-11-9-33)34-26(31-22)14-25(32-34)21-4-3-7-28-16-21/h3-7,12-16,30H,8-11,17H2,1-2H3. The van der Waals surface area contributed by atoms with Gasteiger partial charge in [-0.25, -0.2) is 4.98 Å². The normalized spacial score (nSPS) is 14.5. The van der Waals surface area contributed by atoms with E-state index in [-0.39, 0.29) is 0 Å². The second-order valence-electron chi connectivity index (χ2n) is 8.90. The van der Waals surface area contributed by atoms with Gasteiger partial charge in [-0.3, -0.25) is 9.98 Å². The van der Waals surface area contributed by atoms with Crippen LogP contribution in [-0.2, 0) is 11.3 Å². The smallest absolute Gasteiger partial charge is 0.158 e. The van der Waals surface area contributed by atoms with Crippen LogP contribution in [0.3, 0.4) is 0 Å². The predicted molar refractivity (Wildman–Crippen MR) is 138 cm³/mol. The van der Waals surface area contributed by atoms with Crippen LogP contribution in [0.25, 0.3) is 27.8 Å². The van der Waals surface area contributed by atoms with Crippen molar-refractivity contribution >= 4 is 28.6 Å². The van der Waals surface area contributed by atoms with E-state index in [9.17, 15) is 0 Å². The molecule has 1 fully saturated rings. The monoisotopic (exact) mass is 465 g/mol. The van der Waals surface area contributed by atoms with Gasteiger partial charge in [-0.15, -0.1) is 0 Å². The Hall–Kier alpha value is -4.04. The van der Waals surface area contributed by atoms with Gasteiger partial charge in [0.05, 0.1) is 31.1 Å². The lowest BCUT2D eigenvalue weighted by Gasteiger charge is -2.29. The van der Waals surface area contributed by atoms with Crippen LogP contribution < -0.4 is 4.90 Å². The van der Waals surface area contributed by atoms with Crippen LogP contribution in [0.5, 0.6) is 0 Å². The van der Waals surface area contributed by atoms with Gasteiger partial charge in [0.1, 0.15) is 5.82 Å². The van der Waals surface area contributed by atoms with Crippen LogP contribution in [0.4, 0.5) is 5.82 Å². The van der Waals surface area contributed by atoms with E-state index >= 15 is 0 Å². The number of pyridine rings is 1. The van der Waals surface area contributed by atoms with E-state index in [1.807, 2.05) is 35.1 Å². The Kier molecular flexibility index (Phi) is 5.50. The molecule has 8 nitrogen and oxygen atoms in total. The van der Waals surface area contributed by atoms with E-state index in [0.717, 1.165) is 52.6 Å². The lowest BCUT2D eigenvalue weighted by molar-refractivity contribution is 0.122. The number of ether oxygens (including phenoxy) is 1. The van der Waals surface area contributed by atoms with Gasteiger partial charge in [-0.05, 0) is 49.2 Å². The summed E-state index contributed by atoms with van der Waals surface area (Å²) in [7, 11) is 0. The largest absolute Gasteiger partial charge is 0.378 e. The molecule has 35 heavy (non-hydrogen) atoms. The first-order valence-electron chi connectivity index (χ1n) is 11.9. The molecule has 6 rings (SSSR count). The quantitative estimate of drug-likeness (QED) is 0.390. The van der Waals surface area contributed by atoms with Gasteiger partial charge in [0.2, 0.25) is 0 Å². The van der Waals surface area contributed by atoms with E-state index in [1.54, 1.807) is 6.20 Å². The van der Waals surface area contributed by atoms with Crippen LogP contribution in [0.1, 0.15) is 22.5 Å². The Bertz CT molecular complexity index is 1530. The van der Waals surface area contributed by atoms with Gasteiger partial charge in [-0.2, -0.15) is 9.61 Å². The molecule has 1 aromatic carbocycles. The van der Waals surface area contributed by atoms with E-state index < -0.39 is 0 Å². The van der Waals surface area contributed by atoms with Crippen LogP contribution in [0.2, 0.25) is 0 Å². The molecule has 1 N–H and O–H groups in total. The van der Waals surface area contributed by atoms with Gasteiger partial charge < -0.3 is 14.6 Å². The zero-order valence-electron chi connectivity index (χ0n) is 19.9. The maximum atomic E-state index is 5.57. The van der Waals surface area contributed by atoms with Crippen molar-refractivity contribution in [2.24, 2.45) is 4.99 Å². The molecule has 0 atom stereocenters. The number of aryl methyl sites for hydroxylation is 2. The fraction of sp³-hybridized carbons (Fsp3) is 0.259. The lowest BCUT2D eigenvalue weighted by Crippen LogP contribution is -2.37. The van der Waals surface area contributed by atoms with E-state index in [1.165, 1.54) is 16.6 Å². The number of morpholine rings is 1. The van der Waals surface area contributed by atoms with E-state index in [0.29, 0.717) is 19.8 Å². The number of aliphatic imine (C=N–C) groups is 1. The van der Waals surface area contributed by atoms with Gasteiger partial charge in [0, 0.05) is 66.0 Å². The highest BCUT2D eigenvalue weighted by molar-refractivity contribution is 5.91. The molecule has 5 heterocycles. The van der Waals surface area contributed by atoms with Crippen molar-refractivity contribution in [3.8, 4) is 11.3 Å². The molecule has 5 aromatic rings. The summed E-state index contributed by atoms with van der Waals surface area (Å²) in [5, 5.41) is 6.10. The molecule has 1 aliphatic rings. The number of nitrogens with zero attached hydrogens (tertiary/aromatic N) is 6. The van der Waals surface area contributed by atoms with Crippen molar-refractivity contribution < 1.29 is 4.74 Å². The fourth-order valence-corrected chi connectivity index (χ4v) is 4.57. The van der Waals surface area contributed by atoms with Crippen LogP contribution in [0, 0.1) is 13.8 Å². The lowest BCUT2D eigenvalue weighted by atomic mass is 10.1. The highest BCUT2D eigenvalue weighted by Gasteiger charge is 2.18. The Morgan fingerprint density at radius 2 is 2.00 bits per heavy atom. The number of aromatic nitrogens is 5. The second-order valence-corrected chi connectivity index (χ2v) is 8.90.